The first-order valence-corrected chi connectivity index (χ1v) is 10.5. The van der Waals surface area contributed by atoms with Gasteiger partial charge < -0.3 is 4.57 Å². The van der Waals surface area contributed by atoms with E-state index < -0.39 is 10.8 Å². The number of amides is 1. The molecule has 0 atom stereocenters. The van der Waals surface area contributed by atoms with Crippen molar-refractivity contribution < 1.29 is 9.72 Å². The third-order valence-electron chi connectivity index (χ3n) is 4.55. The molecule has 1 aromatic carbocycles. The molecule has 9 nitrogen and oxygen atoms in total. The van der Waals surface area contributed by atoms with Gasteiger partial charge in [0.2, 0.25) is 5.17 Å². The van der Waals surface area contributed by atoms with Gasteiger partial charge in [-0.25, -0.2) is 0 Å². The van der Waals surface area contributed by atoms with Crippen LogP contribution in [0.4, 0.5) is 5.69 Å². The Bertz CT molecular complexity index is 1210. The number of nitrogens with zero attached hydrogens (tertiary/aromatic N) is 5. The van der Waals surface area contributed by atoms with Crippen LogP contribution >= 0.6 is 23.4 Å². The summed E-state index contributed by atoms with van der Waals surface area (Å²) >= 11 is 7.57. The molecular weight excluding hydrogens is 440 g/mol. The van der Waals surface area contributed by atoms with Crippen LogP contribution in [0.15, 0.2) is 52.2 Å². The number of nitro groups is 1. The van der Waals surface area contributed by atoms with E-state index in [1.807, 2.05) is 0 Å². The molecule has 1 amide bonds. The van der Waals surface area contributed by atoms with Crippen molar-refractivity contribution in [3.63, 3.8) is 0 Å². The van der Waals surface area contributed by atoms with E-state index in [1.165, 1.54) is 35.0 Å². The number of rotatable bonds is 5. The lowest BCUT2D eigenvalue weighted by molar-refractivity contribution is -0.384. The van der Waals surface area contributed by atoms with Crippen molar-refractivity contribution in [2.75, 3.05) is 0 Å². The molecule has 0 aliphatic carbocycles. The summed E-state index contributed by atoms with van der Waals surface area (Å²) in [6, 6.07) is 7.66. The standard InChI is InChI=1S/C20H17ClN6O3S/c1-11(2)8-17-24-26-18(22)14(19(28)23-20(26)31-17)9-12-4-3-7-25(12)16-6-5-13(27(29)30)10-15(16)21/h3-7,9-11,22H,8H2,1-2H3/b14-9-,22-18?. The average Bonchev–Trinajstić information content (AvgIpc) is 3.31. The molecule has 31 heavy (non-hydrogen) atoms. The number of nitro benzene ring substituents is 1. The van der Waals surface area contributed by atoms with Crippen LogP contribution < -0.4 is 0 Å². The summed E-state index contributed by atoms with van der Waals surface area (Å²) in [6.45, 7) is 4.14. The Labute approximate surface area is 186 Å². The van der Waals surface area contributed by atoms with Gasteiger partial charge in [-0.15, -0.1) is 0 Å². The van der Waals surface area contributed by atoms with Crippen LogP contribution in [0.5, 0.6) is 0 Å². The van der Waals surface area contributed by atoms with Gasteiger partial charge in [-0.3, -0.25) is 20.3 Å². The summed E-state index contributed by atoms with van der Waals surface area (Å²) in [5, 5.41) is 26.7. The first kappa shape index (κ1) is 21.0. The fraction of sp³-hybridized carbons (Fsp3) is 0.200. The van der Waals surface area contributed by atoms with Crippen LogP contribution in [0.25, 0.3) is 11.8 Å². The van der Waals surface area contributed by atoms with E-state index in [9.17, 15) is 14.9 Å². The van der Waals surface area contributed by atoms with Gasteiger partial charge in [-0.2, -0.15) is 15.1 Å². The maximum Gasteiger partial charge on any atom is 0.283 e. The molecule has 2 aliphatic heterocycles. The second-order valence-corrected chi connectivity index (χ2v) is 8.76. The molecule has 0 fully saturated rings. The Morgan fingerprint density at radius 1 is 1.35 bits per heavy atom. The molecule has 2 aromatic rings. The van der Waals surface area contributed by atoms with E-state index in [1.54, 1.807) is 29.0 Å². The quantitative estimate of drug-likeness (QED) is 0.397. The van der Waals surface area contributed by atoms with Crippen LogP contribution in [-0.2, 0) is 4.79 Å². The van der Waals surface area contributed by atoms with Crippen molar-refractivity contribution in [1.29, 1.82) is 5.41 Å². The van der Waals surface area contributed by atoms with Crippen molar-refractivity contribution in [2.45, 2.75) is 20.3 Å². The van der Waals surface area contributed by atoms with Crippen LogP contribution in [0.3, 0.4) is 0 Å². The van der Waals surface area contributed by atoms with Gasteiger partial charge in [0, 0.05) is 30.4 Å². The maximum atomic E-state index is 12.6. The van der Waals surface area contributed by atoms with Crippen LogP contribution in [0.2, 0.25) is 5.02 Å². The summed E-state index contributed by atoms with van der Waals surface area (Å²) < 4.78 is 1.69. The number of benzene rings is 1. The minimum absolute atomic E-state index is 0.0520. The number of aliphatic imine (C=N–C) groups is 1. The number of carbonyl (C=O) groups excluding carboxylic acids is 1. The minimum atomic E-state index is -0.521. The average molecular weight is 457 g/mol. The molecule has 2 aliphatic rings. The van der Waals surface area contributed by atoms with Crippen LogP contribution in [0.1, 0.15) is 26.0 Å². The highest BCUT2D eigenvalue weighted by Gasteiger charge is 2.35. The van der Waals surface area contributed by atoms with Gasteiger partial charge >= 0.3 is 0 Å². The van der Waals surface area contributed by atoms with Crippen molar-refractivity contribution in [2.24, 2.45) is 16.0 Å². The number of non-ortho nitro benzene ring substituents is 1. The number of hydrazone groups is 1. The first-order chi connectivity index (χ1) is 14.7. The van der Waals surface area contributed by atoms with E-state index in [2.05, 4.69) is 23.9 Å². The van der Waals surface area contributed by atoms with Gasteiger partial charge in [0.05, 0.1) is 21.2 Å². The molecule has 4 rings (SSSR count). The zero-order chi connectivity index (χ0) is 22.3. The van der Waals surface area contributed by atoms with Crippen LogP contribution in [0, 0.1) is 21.4 Å². The Morgan fingerprint density at radius 2 is 2.13 bits per heavy atom. The number of thioether (sulfide) groups is 1. The molecular formula is C20H17ClN6O3S. The van der Waals surface area contributed by atoms with Crippen molar-refractivity contribution >= 4 is 57.1 Å². The monoisotopic (exact) mass is 456 g/mol. The number of aromatic nitrogens is 1. The fourth-order valence-corrected chi connectivity index (χ4v) is 4.51. The molecule has 3 heterocycles. The second-order valence-electron chi connectivity index (χ2n) is 7.31. The second kappa shape index (κ2) is 8.12. The number of halogens is 1. The Hall–Kier alpha value is -3.24. The molecule has 0 radical (unpaired) electrons. The van der Waals surface area contributed by atoms with E-state index in [0.717, 1.165) is 11.5 Å². The number of fused-ring (bicyclic) bond motifs is 1. The SMILES string of the molecule is CC(C)CC1=NN2C(=N)/C(=C/c3cccn3-c3ccc([N+](=O)[O-])cc3Cl)C(=O)N=C2S1. The lowest BCUT2D eigenvalue weighted by Crippen LogP contribution is -2.35. The van der Waals surface area contributed by atoms with Crippen molar-refractivity contribution in [3.05, 3.63) is 62.9 Å². The zero-order valence-corrected chi connectivity index (χ0v) is 18.1. The maximum absolute atomic E-state index is 12.6. The van der Waals surface area contributed by atoms with Gasteiger partial charge in [0.15, 0.2) is 5.84 Å². The fourth-order valence-electron chi connectivity index (χ4n) is 3.15. The molecule has 0 saturated carbocycles. The molecule has 1 aromatic heterocycles. The Balaban J connectivity index is 1.69. The summed E-state index contributed by atoms with van der Waals surface area (Å²) in [7, 11) is 0. The largest absolute Gasteiger partial charge is 0.316 e. The molecule has 1 N–H and O–H groups in total. The molecule has 0 spiro atoms. The summed E-state index contributed by atoms with van der Waals surface area (Å²) in [5.74, 6) is -0.182. The van der Waals surface area contributed by atoms with Gasteiger partial charge in [-0.1, -0.05) is 25.4 Å². The number of nitrogens with one attached hydrogen (secondary N) is 1. The summed E-state index contributed by atoms with van der Waals surface area (Å²) in [5.41, 5.74) is 1.06. The van der Waals surface area contributed by atoms with Gasteiger partial charge in [0.1, 0.15) is 5.04 Å². The summed E-state index contributed by atoms with van der Waals surface area (Å²) in [6.07, 6.45) is 4.00. The van der Waals surface area contributed by atoms with Crippen molar-refractivity contribution in [3.8, 4) is 5.69 Å². The molecule has 11 heteroatoms. The highest BCUT2D eigenvalue weighted by atomic mass is 35.5. The van der Waals surface area contributed by atoms with E-state index in [0.29, 0.717) is 22.5 Å². The number of carbonyl (C=O) groups is 1. The lowest BCUT2D eigenvalue weighted by Gasteiger charge is -2.20. The number of hydrogen-bond donors (Lipinski definition) is 1. The third-order valence-corrected chi connectivity index (χ3v) is 5.79. The first-order valence-electron chi connectivity index (χ1n) is 9.35. The van der Waals surface area contributed by atoms with Gasteiger partial charge in [0.25, 0.3) is 11.6 Å². The van der Waals surface area contributed by atoms with E-state index in [4.69, 9.17) is 17.0 Å². The smallest absolute Gasteiger partial charge is 0.283 e. The predicted molar refractivity (Wildman–Crippen MR) is 122 cm³/mol. The van der Waals surface area contributed by atoms with Crippen LogP contribution in [-0.4, -0.2) is 36.5 Å². The lowest BCUT2D eigenvalue weighted by atomic mass is 10.1. The molecule has 0 unspecified atom stereocenters. The number of amidine groups is 2. The molecule has 0 bridgehead atoms. The normalized spacial score (nSPS) is 17.3. The highest BCUT2D eigenvalue weighted by molar-refractivity contribution is 8.26. The highest BCUT2D eigenvalue weighted by Crippen LogP contribution is 2.32. The molecule has 158 valence electrons. The van der Waals surface area contributed by atoms with Crippen molar-refractivity contribution in [1.82, 2.24) is 9.58 Å². The molecule has 0 saturated heterocycles. The summed E-state index contributed by atoms with van der Waals surface area (Å²) in [4.78, 5) is 27.2. The Kier molecular flexibility index (Phi) is 5.50. The van der Waals surface area contributed by atoms with E-state index in [-0.39, 0.29) is 22.1 Å². The Morgan fingerprint density at radius 3 is 2.81 bits per heavy atom. The zero-order valence-electron chi connectivity index (χ0n) is 16.6. The van der Waals surface area contributed by atoms with E-state index >= 15 is 0 Å². The topological polar surface area (TPSA) is 117 Å². The number of hydrogen-bond acceptors (Lipinski definition) is 6. The predicted octanol–water partition coefficient (Wildman–Crippen LogP) is 4.70. The minimum Gasteiger partial charge on any atom is -0.316 e. The third kappa shape index (κ3) is 4.04. The van der Waals surface area contributed by atoms with Gasteiger partial charge in [-0.05, 0) is 42.0 Å².